The highest BCUT2D eigenvalue weighted by atomic mass is 16.2. The fourth-order valence-electron chi connectivity index (χ4n) is 3.58. The van der Waals surface area contributed by atoms with Crippen LogP contribution in [0.1, 0.15) is 49.3 Å². The lowest BCUT2D eigenvalue weighted by Gasteiger charge is -2.17. The maximum absolute atomic E-state index is 11.9. The summed E-state index contributed by atoms with van der Waals surface area (Å²) in [6.45, 7) is 8.12. The van der Waals surface area contributed by atoms with Crippen molar-refractivity contribution in [1.82, 2.24) is 15.5 Å². The molecular weight excluding hydrogens is 360 g/mol. The zero-order valence-corrected chi connectivity index (χ0v) is 17.5. The summed E-state index contributed by atoms with van der Waals surface area (Å²) in [7, 11) is 0. The first kappa shape index (κ1) is 20.9. The molecule has 5 nitrogen and oxygen atoms in total. The van der Waals surface area contributed by atoms with Crippen molar-refractivity contribution < 1.29 is 4.79 Å². The van der Waals surface area contributed by atoms with Crippen LogP contribution in [0.25, 0.3) is 0 Å². The number of carbonyl (C=O) groups is 1. The zero-order chi connectivity index (χ0) is 20.5. The first-order chi connectivity index (χ1) is 14.2. The molecular formula is C24H32N4O. The van der Waals surface area contributed by atoms with Crippen LogP contribution in [-0.4, -0.2) is 36.4 Å². The number of benzene rings is 2. The third-order valence-electron chi connectivity index (χ3n) is 5.24. The highest BCUT2D eigenvalue weighted by Crippen LogP contribution is 2.16. The molecule has 1 aliphatic heterocycles. The number of amides is 1. The largest absolute Gasteiger partial charge is 0.357 e. The van der Waals surface area contributed by atoms with Crippen molar-refractivity contribution in [1.29, 1.82) is 0 Å². The molecule has 0 aliphatic carbocycles. The maximum Gasteiger partial charge on any atom is 0.222 e. The van der Waals surface area contributed by atoms with Gasteiger partial charge in [-0.25, -0.2) is 4.99 Å². The van der Waals surface area contributed by atoms with Crippen molar-refractivity contribution in [3.8, 4) is 0 Å². The Labute approximate surface area is 174 Å². The highest BCUT2D eigenvalue weighted by molar-refractivity contribution is 5.79. The molecule has 1 amide bonds. The summed E-state index contributed by atoms with van der Waals surface area (Å²) in [6.07, 6.45) is 1.66. The van der Waals surface area contributed by atoms with E-state index in [4.69, 9.17) is 4.99 Å². The second-order valence-corrected chi connectivity index (χ2v) is 7.63. The van der Waals surface area contributed by atoms with E-state index in [0.29, 0.717) is 25.4 Å². The zero-order valence-electron chi connectivity index (χ0n) is 17.5. The van der Waals surface area contributed by atoms with Gasteiger partial charge in [-0.15, -0.1) is 0 Å². The highest BCUT2D eigenvalue weighted by Gasteiger charge is 2.19. The number of hydrogen-bond acceptors (Lipinski definition) is 2. The van der Waals surface area contributed by atoms with Gasteiger partial charge in [0.25, 0.3) is 0 Å². The van der Waals surface area contributed by atoms with Gasteiger partial charge in [-0.2, -0.15) is 0 Å². The SMILES string of the molecule is CCNC(=NCc1cccc(CN2CCCC2=O)c1)NCC(C)c1ccccc1. The van der Waals surface area contributed by atoms with E-state index in [9.17, 15) is 4.79 Å². The lowest BCUT2D eigenvalue weighted by atomic mass is 10.0. The number of hydrogen-bond donors (Lipinski definition) is 2. The Kier molecular flexibility index (Phi) is 7.68. The van der Waals surface area contributed by atoms with Gasteiger partial charge in [-0.05, 0) is 36.0 Å². The Morgan fingerprint density at radius 2 is 1.90 bits per heavy atom. The topological polar surface area (TPSA) is 56.7 Å². The number of likely N-dealkylation sites (tertiary alicyclic amines) is 1. The molecule has 0 bridgehead atoms. The van der Waals surface area contributed by atoms with Gasteiger partial charge in [-0.3, -0.25) is 4.79 Å². The van der Waals surface area contributed by atoms with Crippen LogP contribution in [-0.2, 0) is 17.9 Å². The van der Waals surface area contributed by atoms with Gasteiger partial charge >= 0.3 is 0 Å². The van der Waals surface area contributed by atoms with E-state index in [-0.39, 0.29) is 5.91 Å². The molecule has 2 aromatic carbocycles. The molecule has 154 valence electrons. The first-order valence-corrected chi connectivity index (χ1v) is 10.6. The number of guanidine groups is 1. The van der Waals surface area contributed by atoms with Gasteiger partial charge in [0.05, 0.1) is 6.54 Å². The summed E-state index contributed by atoms with van der Waals surface area (Å²) in [5.74, 6) is 1.50. The third kappa shape index (κ3) is 6.34. The van der Waals surface area contributed by atoms with E-state index < -0.39 is 0 Å². The summed E-state index contributed by atoms with van der Waals surface area (Å²) in [6, 6.07) is 18.9. The van der Waals surface area contributed by atoms with Crippen LogP contribution >= 0.6 is 0 Å². The summed E-state index contributed by atoms with van der Waals surface area (Å²) in [4.78, 5) is 18.6. The van der Waals surface area contributed by atoms with Gasteiger partial charge in [-0.1, -0.05) is 61.5 Å². The fraction of sp³-hybridized carbons (Fsp3) is 0.417. The van der Waals surface area contributed by atoms with Crippen LogP contribution in [0.3, 0.4) is 0 Å². The van der Waals surface area contributed by atoms with Crippen molar-refractivity contribution in [2.24, 2.45) is 4.99 Å². The van der Waals surface area contributed by atoms with Crippen molar-refractivity contribution in [3.05, 3.63) is 71.3 Å². The molecule has 0 radical (unpaired) electrons. The van der Waals surface area contributed by atoms with Gasteiger partial charge in [0.1, 0.15) is 0 Å². The number of aliphatic imine (C=N–C) groups is 1. The quantitative estimate of drug-likeness (QED) is 0.532. The molecule has 1 unspecified atom stereocenters. The Morgan fingerprint density at radius 3 is 2.62 bits per heavy atom. The van der Waals surface area contributed by atoms with Gasteiger partial charge in [0, 0.05) is 32.6 Å². The number of rotatable bonds is 8. The minimum absolute atomic E-state index is 0.264. The smallest absolute Gasteiger partial charge is 0.222 e. The predicted octanol–water partition coefficient (Wildman–Crippen LogP) is 3.67. The number of nitrogens with one attached hydrogen (secondary N) is 2. The van der Waals surface area contributed by atoms with E-state index in [1.807, 2.05) is 11.0 Å². The second-order valence-electron chi connectivity index (χ2n) is 7.63. The summed E-state index contributed by atoms with van der Waals surface area (Å²) < 4.78 is 0. The monoisotopic (exact) mass is 392 g/mol. The van der Waals surface area contributed by atoms with Gasteiger partial charge in [0.2, 0.25) is 5.91 Å². The summed E-state index contributed by atoms with van der Waals surface area (Å²) in [5.41, 5.74) is 3.64. The molecule has 2 aromatic rings. The minimum Gasteiger partial charge on any atom is -0.357 e. The van der Waals surface area contributed by atoms with Crippen LogP contribution in [0.4, 0.5) is 0 Å². The van der Waals surface area contributed by atoms with E-state index in [1.54, 1.807) is 0 Å². The lowest BCUT2D eigenvalue weighted by molar-refractivity contribution is -0.128. The Balaban J connectivity index is 1.58. The summed E-state index contributed by atoms with van der Waals surface area (Å²) in [5, 5.41) is 6.78. The van der Waals surface area contributed by atoms with Crippen LogP contribution in [0, 0.1) is 0 Å². The van der Waals surface area contributed by atoms with Crippen LogP contribution in [0.5, 0.6) is 0 Å². The molecule has 1 atom stereocenters. The average Bonchev–Trinajstić information content (AvgIpc) is 3.15. The molecule has 3 rings (SSSR count). The Hall–Kier alpha value is -2.82. The number of nitrogens with zero attached hydrogens (tertiary/aromatic N) is 2. The molecule has 2 N–H and O–H groups in total. The van der Waals surface area contributed by atoms with Crippen LogP contribution in [0.2, 0.25) is 0 Å². The molecule has 1 heterocycles. The molecule has 0 spiro atoms. The molecule has 0 aromatic heterocycles. The van der Waals surface area contributed by atoms with E-state index in [1.165, 1.54) is 11.1 Å². The maximum atomic E-state index is 11.9. The van der Waals surface area contributed by atoms with Crippen LogP contribution < -0.4 is 10.6 Å². The second kappa shape index (κ2) is 10.6. The van der Waals surface area contributed by atoms with Crippen LogP contribution in [0.15, 0.2) is 59.6 Å². The summed E-state index contributed by atoms with van der Waals surface area (Å²) >= 11 is 0. The number of carbonyl (C=O) groups excluding carboxylic acids is 1. The minimum atomic E-state index is 0.264. The van der Waals surface area contributed by atoms with Gasteiger partial charge < -0.3 is 15.5 Å². The van der Waals surface area contributed by atoms with Crippen molar-refractivity contribution in [3.63, 3.8) is 0 Å². The first-order valence-electron chi connectivity index (χ1n) is 10.6. The Morgan fingerprint density at radius 1 is 1.10 bits per heavy atom. The molecule has 1 saturated heterocycles. The Bertz CT molecular complexity index is 819. The molecule has 0 saturated carbocycles. The van der Waals surface area contributed by atoms with Crippen molar-refractivity contribution in [2.45, 2.75) is 45.7 Å². The molecule has 29 heavy (non-hydrogen) atoms. The van der Waals surface area contributed by atoms with E-state index in [2.05, 4.69) is 73.0 Å². The molecule has 1 aliphatic rings. The molecule has 1 fully saturated rings. The normalized spacial score (nSPS) is 15.4. The standard InChI is InChI=1S/C24H32N4O/c1-3-25-24(26-16-19(2)22-11-5-4-6-12-22)27-17-20-9-7-10-21(15-20)18-28-14-8-13-23(28)29/h4-7,9-12,15,19H,3,8,13-14,16-18H2,1-2H3,(H2,25,26,27). The van der Waals surface area contributed by atoms with Crippen molar-refractivity contribution >= 4 is 11.9 Å². The van der Waals surface area contributed by atoms with E-state index in [0.717, 1.165) is 37.6 Å². The average molecular weight is 393 g/mol. The molecule has 5 heteroatoms. The fourth-order valence-corrected chi connectivity index (χ4v) is 3.58. The third-order valence-corrected chi connectivity index (χ3v) is 5.24. The predicted molar refractivity (Wildman–Crippen MR) is 119 cm³/mol. The van der Waals surface area contributed by atoms with E-state index >= 15 is 0 Å². The lowest BCUT2D eigenvalue weighted by Crippen LogP contribution is -2.39. The van der Waals surface area contributed by atoms with Crippen molar-refractivity contribution in [2.75, 3.05) is 19.6 Å². The van der Waals surface area contributed by atoms with Gasteiger partial charge in [0.15, 0.2) is 5.96 Å².